The van der Waals surface area contributed by atoms with Gasteiger partial charge < -0.3 is 10.6 Å². The van der Waals surface area contributed by atoms with Crippen molar-refractivity contribution in [3.05, 3.63) is 0 Å². The summed E-state index contributed by atoms with van der Waals surface area (Å²) in [6.07, 6.45) is 0. The Morgan fingerprint density at radius 1 is 1.45 bits per heavy atom. The van der Waals surface area contributed by atoms with Crippen LogP contribution >= 0.6 is 12.2 Å². The van der Waals surface area contributed by atoms with Crippen LogP contribution in [0, 0.1) is 0 Å². The maximum Gasteiger partial charge on any atom is 0.321 e. The summed E-state index contributed by atoms with van der Waals surface area (Å²) in [6, 6.07) is -0.158. The second-order valence-corrected chi connectivity index (χ2v) is 2.74. The van der Waals surface area contributed by atoms with Gasteiger partial charge in [0.15, 0.2) is 5.11 Å². The first kappa shape index (κ1) is 10.2. The van der Waals surface area contributed by atoms with Crippen molar-refractivity contribution in [3.63, 3.8) is 0 Å². The molecule has 0 aromatic rings. The quantitative estimate of drug-likeness (QED) is 0.499. The van der Waals surface area contributed by atoms with Crippen molar-refractivity contribution in [2.24, 2.45) is 0 Å². The lowest BCUT2D eigenvalue weighted by atomic mass is 10.4. The van der Waals surface area contributed by atoms with Crippen LogP contribution in [0.25, 0.3) is 0 Å². The number of urea groups is 1. The van der Waals surface area contributed by atoms with Gasteiger partial charge in [0.2, 0.25) is 0 Å². The molecule has 0 aliphatic heterocycles. The Bertz CT molecular complexity index is 158. The second-order valence-electron chi connectivity index (χ2n) is 2.33. The van der Waals surface area contributed by atoms with Gasteiger partial charge in [0.05, 0.1) is 0 Å². The van der Waals surface area contributed by atoms with Crippen molar-refractivity contribution in [3.8, 4) is 0 Å². The van der Waals surface area contributed by atoms with E-state index in [9.17, 15) is 4.79 Å². The van der Waals surface area contributed by atoms with Crippen molar-refractivity contribution in [2.45, 2.75) is 19.9 Å². The fourth-order valence-electron chi connectivity index (χ4n) is 0.464. The highest BCUT2D eigenvalue weighted by Gasteiger charge is 2.02. The van der Waals surface area contributed by atoms with E-state index in [2.05, 4.69) is 16.0 Å². The normalized spacial score (nSPS) is 9.09. The van der Waals surface area contributed by atoms with E-state index in [1.54, 1.807) is 7.05 Å². The summed E-state index contributed by atoms with van der Waals surface area (Å²) in [7, 11) is 1.65. The molecular formula is C6H13N3OS. The monoisotopic (exact) mass is 175 g/mol. The third kappa shape index (κ3) is 5.60. The molecule has 0 aliphatic carbocycles. The smallest absolute Gasteiger partial charge is 0.321 e. The van der Waals surface area contributed by atoms with E-state index >= 15 is 0 Å². The molecule has 64 valence electrons. The lowest BCUT2D eigenvalue weighted by Crippen LogP contribution is -2.45. The van der Waals surface area contributed by atoms with Crippen LogP contribution < -0.4 is 16.0 Å². The maximum atomic E-state index is 10.9. The molecule has 0 bridgehead atoms. The zero-order chi connectivity index (χ0) is 8.85. The largest absolute Gasteiger partial charge is 0.365 e. The van der Waals surface area contributed by atoms with Gasteiger partial charge in [-0.05, 0) is 26.1 Å². The number of amides is 2. The van der Waals surface area contributed by atoms with Crippen LogP contribution in [0.3, 0.4) is 0 Å². The van der Waals surface area contributed by atoms with Crippen LogP contribution in [-0.4, -0.2) is 24.2 Å². The van der Waals surface area contributed by atoms with E-state index in [0.717, 1.165) is 0 Å². The lowest BCUT2D eigenvalue weighted by Gasteiger charge is -2.09. The zero-order valence-electron chi connectivity index (χ0n) is 6.89. The minimum Gasteiger partial charge on any atom is -0.365 e. The number of carbonyl (C=O) groups excluding carboxylic acids is 1. The molecule has 0 aliphatic rings. The Labute approximate surface area is 71.7 Å². The van der Waals surface area contributed by atoms with E-state index in [1.165, 1.54) is 0 Å². The maximum absolute atomic E-state index is 10.9. The molecule has 5 heteroatoms. The van der Waals surface area contributed by atoms with Crippen molar-refractivity contribution in [2.75, 3.05) is 7.05 Å². The fraction of sp³-hybridized carbons (Fsp3) is 0.667. The molecule has 0 saturated carbocycles. The molecule has 0 saturated heterocycles. The molecule has 3 N–H and O–H groups in total. The van der Waals surface area contributed by atoms with Gasteiger partial charge in [0.25, 0.3) is 0 Å². The molecule has 2 amide bonds. The summed E-state index contributed by atoms with van der Waals surface area (Å²) in [6.45, 7) is 3.75. The van der Waals surface area contributed by atoms with Gasteiger partial charge in [-0.25, -0.2) is 4.79 Å². The van der Waals surface area contributed by atoms with Crippen LogP contribution in [0.1, 0.15) is 13.8 Å². The van der Waals surface area contributed by atoms with E-state index in [0.29, 0.717) is 5.11 Å². The van der Waals surface area contributed by atoms with Gasteiger partial charge >= 0.3 is 6.03 Å². The molecule has 0 rings (SSSR count). The number of hydrogen-bond acceptors (Lipinski definition) is 2. The minimum absolute atomic E-state index is 0.120. The SMILES string of the molecule is CNC(=S)NC(=O)NC(C)C. The van der Waals surface area contributed by atoms with Crippen molar-refractivity contribution < 1.29 is 4.79 Å². The van der Waals surface area contributed by atoms with Gasteiger partial charge in [-0.2, -0.15) is 0 Å². The van der Waals surface area contributed by atoms with Crippen molar-refractivity contribution >= 4 is 23.4 Å². The second kappa shape index (κ2) is 4.90. The predicted octanol–water partition coefficient (Wildman–Crippen LogP) is 0.198. The topological polar surface area (TPSA) is 53.2 Å². The summed E-state index contributed by atoms with van der Waals surface area (Å²) >= 11 is 4.70. The van der Waals surface area contributed by atoms with Crippen LogP contribution in [0.4, 0.5) is 4.79 Å². The first-order chi connectivity index (χ1) is 5.06. The molecule has 0 fully saturated rings. The standard InChI is InChI=1S/C6H13N3OS/c1-4(2)8-5(10)9-6(11)7-3/h4H,1-3H3,(H3,7,8,9,10,11). The molecule has 0 unspecified atom stereocenters. The Hall–Kier alpha value is -0.840. The first-order valence-corrected chi connectivity index (χ1v) is 3.76. The van der Waals surface area contributed by atoms with E-state index in [4.69, 9.17) is 12.2 Å². The van der Waals surface area contributed by atoms with Crippen molar-refractivity contribution in [1.82, 2.24) is 16.0 Å². The minimum atomic E-state index is -0.278. The summed E-state index contributed by atoms with van der Waals surface area (Å²) in [4.78, 5) is 10.9. The third-order valence-corrected chi connectivity index (χ3v) is 1.18. The predicted molar refractivity (Wildman–Crippen MR) is 48.5 cm³/mol. The Balaban J connectivity index is 3.61. The van der Waals surface area contributed by atoms with Gasteiger partial charge in [-0.15, -0.1) is 0 Å². The Morgan fingerprint density at radius 2 is 2.00 bits per heavy atom. The third-order valence-electron chi connectivity index (χ3n) is 0.874. The highest BCUT2D eigenvalue weighted by atomic mass is 32.1. The number of rotatable bonds is 1. The van der Waals surface area contributed by atoms with E-state index in [1.807, 2.05) is 13.8 Å². The first-order valence-electron chi connectivity index (χ1n) is 3.35. The highest BCUT2D eigenvalue weighted by Crippen LogP contribution is 1.75. The summed E-state index contributed by atoms with van der Waals surface area (Å²) < 4.78 is 0. The molecule has 0 radical (unpaired) electrons. The molecule has 0 aromatic carbocycles. The van der Waals surface area contributed by atoms with E-state index in [-0.39, 0.29) is 12.1 Å². The molecule has 0 aromatic heterocycles. The molecule has 0 spiro atoms. The summed E-state index contributed by atoms with van der Waals surface area (Å²) in [5.41, 5.74) is 0. The molecular weight excluding hydrogens is 162 g/mol. The van der Waals surface area contributed by atoms with Crippen LogP contribution in [0.5, 0.6) is 0 Å². The van der Waals surface area contributed by atoms with Gasteiger partial charge in [-0.1, -0.05) is 0 Å². The van der Waals surface area contributed by atoms with Gasteiger partial charge in [-0.3, -0.25) is 5.32 Å². The van der Waals surface area contributed by atoms with Gasteiger partial charge in [0, 0.05) is 13.1 Å². The average molecular weight is 175 g/mol. The van der Waals surface area contributed by atoms with Crippen molar-refractivity contribution in [1.29, 1.82) is 0 Å². The molecule has 0 atom stereocenters. The molecule has 11 heavy (non-hydrogen) atoms. The Kier molecular flexibility index (Phi) is 4.52. The number of nitrogens with one attached hydrogen (secondary N) is 3. The fourth-order valence-corrected chi connectivity index (χ4v) is 0.557. The summed E-state index contributed by atoms with van der Waals surface area (Å²) in [5.74, 6) is 0. The zero-order valence-corrected chi connectivity index (χ0v) is 7.71. The highest BCUT2D eigenvalue weighted by molar-refractivity contribution is 7.80. The summed E-state index contributed by atoms with van der Waals surface area (Å²) in [5, 5.41) is 8.01. The number of hydrogen-bond donors (Lipinski definition) is 3. The number of carbonyl (C=O) groups is 1. The van der Waals surface area contributed by atoms with Crippen LogP contribution in [0.15, 0.2) is 0 Å². The lowest BCUT2D eigenvalue weighted by molar-refractivity contribution is 0.243. The van der Waals surface area contributed by atoms with Crippen LogP contribution in [-0.2, 0) is 0 Å². The Morgan fingerprint density at radius 3 is 2.36 bits per heavy atom. The van der Waals surface area contributed by atoms with Gasteiger partial charge in [0.1, 0.15) is 0 Å². The molecule has 0 heterocycles. The molecule has 4 nitrogen and oxygen atoms in total. The number of thiocarbonyl (C=S) groups is 1. The average Bonchev–Trinajstić information content (AvgIpc) is 1.85. The van der Waals surface area contributed by atoms with Crippen LogP contribution in [0.2, 0.25) is 0 Å². The van der Waals surface area contributed by atoms with E-state index < -0.39 is 0 Å².